The Bertz CT molecular complexity index is 1990. The van der Waals surface area contributed by atoms with Gasteiger partial charge in [-0.15, -0.1) is 0 Å². The van der Waals surface area contributed by atoms with E-state index >= 15 is 0 Å². The van der Waals surface area contributed by atoms with E-state index in [1.807, 2.05) is 0 Å². The van der Waals surface area contributed by atoms with E-state index in [2.05, 4.69) is 132 Å². The van der Waals surface area contributed by atoms with E-state index in [9.17, 15) is 0 Å². The molecule has 1 aromatic heterocycles. The van der Waals surface area contributed by atoms with Crippen molar-refractivity contribution in [2.45, 2.75) is 0 Å². The van der Waals surface area contributed by atoms with Gasteiger partial charge in [0.05, 0.1) is 16.7 Å². The Labute approximate surface area is 202 Å². The van der Waals surface area contributed by atoms with Gasteiger partial charge in [-0.2, -0.15) is 0 Å². The van der Waals surface area contributed by atoms with Crippen LogP contribution in [0.15, 0.2) is 127 Å². The molecule has 0 bridgehead atoms. The number of hydrogen-bond donors (Lipinski definition) is 0. The van der Waals surface area contributed by atoms with E-state index in [0.717, 1.165) is 0 Å². The largest absolute Gasteiger partial charge is 0.309 e. The van der Waals surface area contributed by atoms with Gasteiger partial charge < -0.3 is 4.57 Å². The average Bonchev–Trinajstić information content (AvgIpc) is 3.26. The zero-order valence-corrected chi connectivity index (χ0v) is 19.1. The molecule has 0 amide bonds. The highest BCUT2D eigenvalue weighted by Gasteiger charge is 2.17. The second kappa shape index (κ2) is 6.94. The molecule has 0 saturated carbocycles. The number of fused-ring (bicyclic) bond motifs is 3. The fraction of sp³-hybridized carbons (Fsp3) is 0. The molecule has 0 atom stereocenters. The summed E-state index contributed by atoms with van der Waals surface area (Å²) in [5, 5.41) is 10.5. The minimum absolute atomic E-state index is 1.23. The minimum atomic E-state index is 1.23. The van der Waals surface area contributed by atoms with Crippen molar-refractivity contribution >= 4 is 54.1 Å². The maximum absolute atomic E-state index is 2.44. The molecule has 1 heteroatoms. The molecule has 0 aliphatic carbocycles. The minimum Gasteiger partial charge on any atom is -0.309 e. The quantitative estimate of drug-likeness (QED) is 0.235. The Morgan fingerprint density at radius 3 is 1.63 bits per heavy atom. The summed E-state index contributed by atoms with van der Waals surface area (Å²) in [7, 11) is 0. The summed E-state index contributed by atoms with van der Waals surface area (Å²) >= 11 is 0. The third-order valence-electron chi connectivity index (χ3n) is 7.55. The van der Waals surface area contributed by atoms with Crippen molar-refractivity contribution in [1.82, 2.24) is 4.57 Å². The lowest BCUT2D eigenvalue weighted by atomic mass is 9.89. The summed E-state index contributed by atoms with van der Waals surface area (Å²) in [6.07, 6.45) is 0. The predicted molar refractivity (Wildman–Crippen MR) is 150 cm³/mol. The van der Waals surface area contributed by atoms with Gasteiger partial charge in [-0.1, -0.05) is 109 Å². The Balaban J connectivity index is 1.54. The van der Waals surface area contributed by atoms with Crippen LogP contribution in [0.3, 0.4) is 0 Å². The molecule has 0 aliphatic rings. The number of para-hydroxylation sites is 2. The van der Waals surface area contributed by atoms with E-state index in [0.29, 0.717) is 0 Å². The smallest absolute Gasteiger partial charge is 0.0541 e. The normalized spacial score (nSPS) is 12.0. The SMILES string of the molecule is c1ccc(-c2ccc3ccc4c(-n5c6ccccc6c6ccccc65)ccc5ccc2c3c54)cc1. The summed E-state index contributed by atoms with van der Waals surface area (Å²) < 4.78 is 2.44. The molecule has 0 aliphatic heterocycles. The first-order chi connectivity index (χ1) is 17.4. The first-order valence-corrected chi connectivity index (χ1v) is 12.1. The lowest BCUT2D eigenvalue weighted by molar-refractivity contribution is 1.20. The Morgan fingerprint density at radius 1 is 0.371 bits per heavy atom. The fourth-order valence-corrected chi connectivity index (χ4v) is 6.03. The monoisotopic (exact) mass is 443 g/mol. The Kier molecular flexibility index (Phi) is 3.72. The number of aromatic nitrogens is 1. The topological polar surface area (TPSA) is 4.93 Å². The zero-order chi connectivity index (χ0) is 22.9. The van der Waals surface area contributed by atoms with Gasteiger partial charge in [-0.25, -0.2) is 0 Å². The van der Waals surface area contributed by atoms with E-state index in [1.54, 1.807) is 0 Å². The highest BCUT2D eigenvalue weighted by Crippen LogP contribution is 2.42. The van der Waals surface area contributed by atoms with Crippen LogP contribution in [-0.4, -0.2) is 4.57 Å². The van der Waals surface area contributed by atoms with Gasteiger partial charge in [0.1, 0.15) is 0 Å². The average molecular weight is 444 g/mol. The molecule has 0 unspecified atom stereocenters. The number of rotatable bonds is 2. The Hall–Kier alpha value is -4.62. The van der Waals surface area contributed by atoms with Crippen LogP contribution in [0, 0.1) is 0 Å². The van der Waals surface area contributed by atoms with Crippen molar-refractivity contribution in [2.24, 2.45) is 0 Å². The van der Waals surface area contributed by atoms with Gasteiger partial charge in [-0.05, 0) is 56.3 Å². The molecule has 162 valence electrons. The van der Waals surface area contributed by atoms with Crippen molar-refractivity contribution in [3.05, 3.63) is 127 Å². The van der Waals surface area contributed by atoms with Crippen LogP contribution >= 0.6 is 0 Å². The summed E-state index contributed by atoms with van der Waals surface area (Å²) in [6, 6.07) is 46.5. The zero-order valence-electron chi connectivity index (χ0n) is 19.1. The molecular formula is C34H21N. The van der Waals surface area contributed by atoms with Gasteiger partial charge >= 0.3 is 0 Å². The molecule has 0 fully saturated rings. The number of nitrogens with zero attached hydrogens (tertiary/aromatic N) is 1. The van der Waals surface area contributed by atoms with Crippen molar-refractivity contribution in [2.75, 3.05) is 0 Å². The predicted octanol–water partition coefficient (Wildman–Crippen LogP) is 9.35. The van der Waals surface area contributed by atoms with E-state index in [1.165, 1.54) is 70.9 Å². The molecule has 0 saturated heterocycles. The second-order valence-corrected chi connectivity index (χ2v) is 9.36. The molecular weight excluding hydrogens is 422 g/mol. The van der Waals surface area contributed by atoms with Crippen LogP contribution in [0.4, 0.5) is 0 Å². The van der Waals surface area contributed by atoms with Crippen LogP contribution in [0.1, 0.15) is 0 Å². The standard InChI is InChI=1S/C34H21N/c1-2-8-22(9-3-1)25-18-14-23-16-20-29-32(21-17-24-15-19-28(25)33(23)34(24)29)35-30-12-6-4-10-26(30)27-11-5-7-13-31(27)35/h1-21H. The van der Waals surface area contributed by atoms with Gasteiger partial charge in [0.2, 0.25) is 0 Å². The highest BCUT2D eigenvalue weighted by molar-refractivity contribution is 6.27. The molecule has 8 aromatic rings. The van der Waals surface area contributed by atoms with Crippen LogP contribution in [0.5, 0.6) is 0 Å². The van der Waals surface area contributed by atoms with Crippen molar-refractivity contribution in [1.29, 1.82) is 0 Å². The third-order valence-corrected chi connectivity index (χ3v) is 7.55. The Morgan fingerprint density at radius 2 is 0.914 bits per heavy atom. The molecule has 8 rings (SSSR count). The van der Waals surface area contributed by atoms with Crippen molar-refractivity contribution in [3.8, 4) is 16.8 Å². The molecule has 0 spiro atoms. The number of hydrogen-bond acceptors (Lipinski definition) is 0. The van der Waals surface area contributed by atoms with Gasteiger partial charge in [-0.3, -0.25) is 0 Å². The first kappa shape index (κ1) is 18.8. The number of benzene rings is 7. The first-order valence-electron chi connectivity index (χ1n) is 12.1. The van der Waals surface area contributed by atoms with E-state index < -0.39 is 0 Å². The van der Waals surface area contributed by atoms with Gasteiger partial charge in [0.15, 0.2) is 0 Å². The van der Waals surface area contributed by atoms with Crippen LogP contribution in [0.2, 0.25) is 0 Å². The summed E-state index contributed by atoms with van der Waals surface area (Å²) in [6.45, 7) is 0. The summed E-state index contributed by atoms with van der Waals surface area (Å²) in [5.41, 5.74) is 6.26. The highest BCUT2D eigenvalue weighted by atomic mass is 15.0. The molecule has 1 nitrogen and oxygen atoms in total. The van der Waals surface area contributed by atoms with E-state index in [-0.39, 0.29) is 0 Å². The van der Waals surface area contributed by atoms with Crippen LogP contribution in [-0.2, 0) is 0 Å². The van der Waals surface area contributed by atoms with Crippen molar-refractivity contribution in [3.63, 3.8) is 0 Å². The maximum atomic E-state index is 2.44. The molecule has 0 radical (unpaired) electrons. The second-order valence-electron chi connectivity index (χ2n) is 9.36. The molecule has 0 N–H and O–H groups in total. The maximum Gasteiger partial charge on any atom is 0.0541 e. The third kappa shape index (κ3) is 2.53. The fourth-order valence-electron chi connectivity index (χ4n) is 6.03. The van der Waals surface area contributed by atoms with Crippen molar-refractivity contribution < 1.29 is 0 Å². The molecule has 35 heavy (non-hydrogen) atoms. The lowest BCUT2D eigenvalue weighted by Gasteiger charge is -2.17. The van der Waals surface area contributed by atoms with E-state index in [4.69, 9.17) is 0 Å². The van der Waals surface area contributed by atoms with Crippen LogP contribution in [0.25, 0.3) is 70.9 Å². The summed E-state index contributed by atoms with van der Waals surface area (Å²) in [4.78, 5) is 0. The van der Waals surface area contributed by atoms with Gasteiger partial charge in [0, 0.05) is 16.2 Å². The van der Waals surface area contributed by atoms with Crippen LogP contribution < -0.4 is 0 Å². The lowest BCUT2D eigenvalue weighted by Crippen LogP contribution is -1.96. The molecule has 1 heterocycles. The molecule has 7 aromatic carbocycles. The van der Waals surface area contributed by atoms with Gasteiger partial charge in [0.25, 0.3) is 0 Å². The summed E-state index contributed by atoms with van der Waals surface area (Å²) in [5.74, 6) is 0.